The number of pyridine rings is 1. The Kier molecular flexibility index (Phi) is 4.56. The number of aromatic nitrogens is 2. The monoisotopic (exact) mass is 355 g/mol. The van der Waals surface area contributed by atoms with Crippen LogP contribution in [0.2, 0.25) is 5.02 Å². The van der Waals surface area contributed by atoms with Crippen LogP contribution in [0.25, 0.3) is 5.65 Å². The number of hydrogen-bond acceptors (Lipinski definition) is 2. The fraction of sp³-hybridized carbons (Fsp3) is 0.300. The Bertz CT molecular complexity index is 921. The van der Waals surface area contributed by atoms with Crippen molar-refractivity contribution in [3.63, 3.8) is 0 Å². The van der Waals surface area contributed by atoms with E-state index in [1.54, 1.807) is 22.7 Å². The van der Waals surface area contributed by atoms with E-state index in [0.717, 1.165) is 5.56 Å². The summed E-state index contributed by atoms with van der Waals surface area (Å²) in [7, 11) is 0. The molecule has 0 aliphatic carbocycles. The van der Waals surface area contributed by atoms with Crippen LogP contribution in [0, 0.1) is 6.92 Å². The SMILES string of the molecule is Cc1nc2ccc(Cl)cn2c1C(=O)NCc1ccc(C(C)(C)C)cc1. The molecule has 0 atom stereocenters. The van der Waals surface area contributed by atoms with Crippen molar-refractivity contribution < 1.29 is 4.79 Å². The molecule has 3 aromatic rings. The Balaban J connectivity index is 1.77. The highest BCUT2D eigenvalue weighted by Crippen LogP contribution is 2.22. The first-order valence-corrected chi connectivity index (χ1v) is 8.65. The van der Waals surface area contributed by atoms with Gasteiger partial charge in [-0.25, -0.2) is 4.98 Å². The second kappa shape index (κ2) is 6.52. The fourth-order valence-electron chi connectivity index (χ4n) is 2.80. The van der Waals surface area contributed by atoms with Crippen molar-refractivity contribution in [3.05, 3.63) is 70.1 Å². The number of imidazole rings is 1. The Labute approximate surface area is 152 Å². The lowest BCUT2D eigenvalue weighted by Gasteiger charge is -2.19. The van der Waals surface area contributed by atoms with Gasteiger partial charge < -0.3 is 5.32 Å². The molecule has 0 saturated heterocycles. The predicted molar refractivity (Wildman–Crippen MR) is 101 cm³/mol. The van der Waals surface area contributed by atoms with Gasteiger partial charge in [0.15, 0.2) is 0 Å². The van der Waals surface area contributed by atoms with Crippen LogP contribution in [0.5, 0.6) is 0 Å². The number of carbonyl (C=O) groups excluding carboxylic acids is 1. The summed E-state index contributed by atoms with van der Waals surface area (Å²) in [4.78, 5) is 17.0. The predicted octanol–water partition coefficient (Wildman–Crippen LogP) is 4.52. The van der Waals surface area contributed by atoms with Crippen molar-refractivity contribution in [2.45, 2.75) is 39.7 Å². The normalized spacial score (nSPS) is 11.7. The molecule has 0 saturated carbocycles. The van der Waals surface area contributed by atoms with Gasteiger partial charge in [0.1, 0.15) is 11.3 Å². The Morgan fingerprint density at radius 3 is 2.48 bits per heavy atom. The molecular formula is C20H22ClN3O. The number of carbonyl (C=O) groups is 1. The van der Waals surface area contributed by atoms with Crippen LogP contribution in [0.1, 0.15) is 48.1 Å². The molecule has 0 bridgehead atoms. The maximum atomic E-state index is 12.6. The van der Waals surface area contributed by atoms with Gasteiger partial charge in [-0.1, -0.05) is 56.6 Å². The summed E-state index contributed by atoms with van der Waals surface area (Å²) in [5.74, 6) is -0.160. The zero-order chi connectivity index (χ0) is 18.2. The lowest BCUT2D eigenvalue weighted by molar-refractivity contribution is 0.0944. The molecule has 0 radical (unpaired) electrons. The minimum atomic E-state index is -0.160. The van der Waals surface area contributed by atoms with E-state index in [1.165, 1.54) is 5.56 Å². The molecule has 3 rings (SSSR count). The second-order valence-corrected chi connectivity index (χ2v) is 7.69. The number of nitrogens with one attached hydrogen (secondary N) is 1. The smallest absolute Gasteiger partial charge is 0.270 e. The second-order valence-electron chi connectivity index (χ2n) is 7.25. The van der Waals surface area contributed by atoms with Gasteiger partial charge in [-0.05, 0) is 35.6 Å². The average Bonchev–Trinajstić information content (AvgIpc) is 2.87. The largest absolute Gasteiger partial charge is 0.347 e. The number of benzene rings is 1. The number of hydrogen-bond donors (Lipinski definition) is 1. The zero-order valence-electron chi connectivity index (χ0n) is 14.9. The minimum Gasteiger partial charge on any atom is -0.347 e. The lowest BCUT2D eigenvalue weighted by Crippen LogP contribution is -2.25. The standard InChI is InChI=1S/C20H22ClN3O/c1-13-18(24-12-16(21)9-10-17(24)23-13)19(25)22-11-14-5-7-15(8-6-14)20(2,3)4/h5-10,12H,11H2,1-4H3,(H,22,25). The molecule has 0 spiro atoms. The molecular weight excluding hydrogens is 334 g/mol. The van der Waals surface area contributed by atoms with Gasteiger partial charge in [0, 0.05) is 12.7 Å². The van der Waals surface area contributed by atoms with E-state index in [4.69, 9.17) is 11.6 Å². The minimum absolute atomic E-state index is 0.120. The first-order valence-electron chi connectivity index (χ1n) is 8.27. The van der Waals surface area contributed by atoms with E-state index in [1.807, 2.05) is 6.92 Å². The molecule has 5 heteroatoms. The van der Waals surface area contributed by atoms with Crippen LogP contribution in [0.3, 0.4) is 0 Å². The molecule has 2 heterocycles. The average molecular weight is 356 g/mol. The fourth-order valence-corrected chi connectivity index (χ4v) is 2.96. The summed E-state index contributed by atoms with van der Waals surface area (Å²) in [6.07, 6.45) is 1.71. The van der Waals surface area contributed by atoms with Gasteiger partial charge in [0.25, 0.3) is 5.91 Å². The Hall–Kier alpha value is -2.33. The number of nitrogens with zero attached hydrogens (tertiary/aromatic N) is 2. The van der Waals surface area contributed by atoms with Gasteiger partial charge in [-0.15, -0.1) is 0 Å². The Morgan fingerprint density at radius 2 is 1.84 bits per heavy atom. The molecule has 1 N–H and O–H groups in total. The van der Waals surface area contributed by atoms with Crippen molar-refractivity contribution in [3.8, 4) is 0 Å². The van der Waals surface area contributed by atoms with Crippen LogP contribution in [0.15, 0.2) is 42.6 Å². The van der Waals surface area contributed by atoms with E-state index in [-0.39, 0.29) is 11.3 Å². The van der Waals surface area contributed by atoms with Crippen molar-refractivity contribution in [1.29, 1.82) is 0 Å². The first-order chi connectivity index (χ1) is 11.8. The molecule has 0 aliphatic rings. The quantitative estimate of drug-likeness (QED) is 0.750. The Morgan fingerprint density at radius 1 is 1.16 bits per heavy atom. The third kappa shape index (κ3) is 3.69. The van der Waals surface area contributed by atoms with Crippen molar-refractivity contribution in [1.82, 2.24) is 14.7 Å². The number of fused-ring (bicyclic) bond motifs is 1. The maximum Gasteiger partial charge on any atom is 0.270 e. The summed E-state index contributed by atoms with van der Waals surface area (Å²) >= 11 is 6.05. The summed E-state index contributed by atoms with van der Waals surface area (Å²) in [6, 6.07) is 11.9. The maximum absolute atomic E-state index is 12.6. The lowest BCUT2D eigenvalue weighted by atomic mass is 9.87. The molecule has 0 fully saturated rings. The van der Waals surface area contributed by atoms with Crippen LogP contribution >= 0.6 is 11.6 Å². The number of amides is 1. The van der Waals surface area contributed by atoms with E-state index in [9.17, 15) is 4.79 Å². The van der Waals surface area contributed by atoms with E-state index < -0.39 is 0 Å². The summed E-state index contributed by atoms with van der Waals surface area (Å²) < 4.78 is 1.73. The molecule has 2 aromatic heterocycles. The van der Waals surface area contributed by atoms with E-state index in [0.29, 0.717) is 28.6 Å². The first kappa shape index (κ1) is 17.5. The summed E-state index contributed by atoms with van der Waals surface area (Å²) in [5.41, 5.74) is 4.36. The summed E-state index contributed by atoms with van der Waals surface area (Å²) in [6.45, 7) is 8.84. The third-order valence-corrected chi connectivity index (χ3v) is 4.47. The van der Waals surface area contributed by atoms with Gasteiger partial charge in [-0.3, -0.25) is 9.20 Å². The van der Waals surface area contributed by atoms with Crippen molar-refractivity contribution in [2.75, 3.05) is 0 Å². The highest BCUT2D eigenvalue weighted by Gasteiger charge is 2.17. The van der Waals surface area contributed by atoms with E-state index in [2.05, 4.69) is 55.3 Å². The van der Waals surface area contributed by atoms with Crippen LogP contribution in [-0.2, 0) is 12.0 Å². The van der Waals surface area contributed by atoms with Crippen LogP contribution < -0.4 is 5.32 Å². The summed E-state index contributed by atoms with van der Waals surface area (Å²) in [5, 5.41) is 3.54. The highest BCUT2D eigenvalue weighted by molar-refractivity contribution is 6.30. The molecule has 25 heavy (non-hydrogen) atoms. The highest BCUT2D eigenvalue weighted by atomic mass is 35.5. The number of aryl methyl sites for hydroxylation is 1. The molecule has 1 aromatic carbocycles. The van der Waals surface area contributed by atoms with Crippen molar-refractivity contribution >= 4 is 23.2 Å². The van der Waals surface area contributed by atoms with Gasteiger partial charge in [0.2, 0.25) is 0 Å². The van der Waals surface area contributed by atoms with Crippen LogP contribution in [0.4, 0.5) is 0 Å². The number of halogens is 1. The third-order valence-electron chi connectivity index (χ3n) is 4.24. The number of rotatable bonds is 3. The van der Waals surface area contributed by atoms with Crippen LogP contribution in [-0.4, -0.2) is 15.3 Å². The molecule has 4 nitrogen and oxygen atoms in total. The molecule has 0 unspecified atom stereocenters. The molecule has 1 amide bonds. The zero-order valence-corrected chi connectivity index (χ0v) is 15.7. The molecule has 0 aliphatic heterocycles. The van der Waals surface area contributed by atoms with Gasteiger partial charge >= 0.3 is 0 Å². The van der Waals surface area contributed by atoms with Gasteiger partial charge in [0.05, 0.1) is 10.7 Å². The molecule has 130 valence electrons. The van der Waals surface area contributed by atoms with Gasteiger partial charge in [-0.2, -0.15) is 0 Å². The van der Waals surface area contributed by atoms with E-state index >= 15 is 0 Å². The topological polar surface area (TPSA) is 46.4 Å². The van der Waals surface area contributed by atoms with Crippen molar-refractivity contribution in [2.24, 2.45) is 0 Å².